The van der Waals surface area contributed by atoms with Crippen LogP contribution in [0.2, 0.25) is 0 Å². The van der Waals surface area contributed by atoms with Crippen LogP contribution in [-0.2, 0) is 13.1 Å². The fourth-order valence-electron chi connectivity index (χ4n) is 2.48. The first kappa shape index (κ1) is 15.1. The SMILES string of the molecule is NNc1ccc(N(Cc2ccccc2)Cc2ccccc2)nc1. The molecule has 0 aliphatic rings. The number of hydrogen-bond donors (Lipinski definition) is 2. The topological polar surface area (TPSA) is 54.2 Å². The van der Waals surface area contributed by atoms with E-state index < -0.39 is 0 Å². The molecule has 0 aliphatic carbocycles. The standard InChI is InChI=1S/C19H20N4/c20-22-18-11-12-19(21-13-18)23(14-16-7-3-1-4-8-16)15-17-9-5-2-6-10-17/h1-13,22H,14-15,20H2. The molecule has 0 amide bonds. The molecule has 0 saturated carbocycles. The summed E-state index contributed by atoms with van der Waals surface area (Å²) < 4.78 is 0. The van der Waals surface area contributed by atoms with E-state index in [0.717, 1.165) is 24.6 Å². The van der Waals surface area contributed by atoms with Gasteiger partial charge in [-0.15, -0.1) is 0 Å². The minimum absolute atomic E-state index is 0.799. The fraction of sp³-hybridized carbons (Fsp3) is 0.105. The molecular formula is C19H20N4. The lowest BCUT2D eigenvalue weighted by Gasteiger charge is -2.24. The first-order valence-electron chi connectivity index (χ1n) is 7.60. The Bertz CT molecular complexity index is 670. The first-order chi connectivity index (χ1) is 11.3. The average Bonchev–Trinajstić information content (AvgIpc) is 2.63. The third-order valence-electron chi connectivity index (χ3n) is 3.67. The van der Waals surface area contributed by atoms with Gasteiger partial charge in [-0.25, -0.2) is 4.98 Å². The van der Waals surface area contributed by atoms with E-state index in [4.69, 9.17) is 5.84 Å². The highest BCUT2D eigenvalue weighted by Crippen LogP contribution is 2.19. The maximum absolute atomic E-state index is 5.42. The smallest absolute Gasteiger partial charge is 0.129 e. The molecule has 4 nitrogen and oxygen atoms in total. The van der Waals surface area contributed by atoms with Gasteiger partial charge in [0.05, 0.1) is 11.9 Å². The predicted octanol–water partition coefficient (Wildman–Crippen LogP) is 3.57. The number of nitrogen functional groups attached to an aromatic ring is 1. The van der Waals surface area contributed by atoms with Gasteiger partial charge in [-0.3, -0.25) is 5.84 Å². The van der Waals surface area contributed by atoms with Gasteiger partial charge in [-0.05, 0) is 23.3 Å². The third-order valence-corrected chi connectivity index (χ3v) is 3.67. The number of pyridine rings is 1. The Morgan fingerprint density at radius 3 is 1.78 bits per heavy atom. The normalized spacial score (nSPS) is 10.3. The van der Waals surface area contributed by atoms with Gasteiger partial charge in [0.2, 0.25) is 0 Å². The molecule has 116 valence electrons. The van der Waals surface area contributed by atoms with Crippen LogP contribution in [0.5, 0.6) is 0 Å². The van der Waals surface area contributed by atoms with Gasteiger partial charge in [0.1, 0.15) is 5.82 Å². The van der Waals surface area contributed by atoms with Gasteiger partial charge in [0.15, 0.2) is 0 Å². The van der Waals surface area contributed by atoms with Crippen molar-refractivity contribution in [1.29, 1.82) is 0 Å². The van der Waals surface area contributed by atoms with Crippen LogP contribution >= 0.6 is 0 Å². The number of hydrazine groups is 1. The summed E-state index contributed by atoms with van der Waals surface area (Å²) >= 11 is 0. The van der Waals surface area contributed by atoms with Crippen molar-refractivity contribution in [3.63, 3.8) is 0 Å². The Balaban J connectivity index is 1.85. The molecule has 0 aliphatic heterocycles. The molecule has 0 spiro atoms. The molecule has 0 atom stereocenters. The number of rotatable bonds is 6. The van der Waals surface area contributed by atoms with Crippen LogP contribution in [0, 0.1) is 0 Å². The van der Waals surface area contributed by atoms with Gasteiger partial charge in [-0.2, -0.15) is 0 Å². The van der Waals surface area contributed by atoms with Crippen molar-refractivity contribution in [2.45, 2.75) is 13.1 Å². The second-order valence-electron chi connectivity index (χ2n) is 5.38. The van der Waals surface area contributed by atoms with E-state index in [1.165, 1.54) is 11.1 Å². The molecule has 4 heteroatoms. The third kappa shape index (κ3) is 4.08. The molecule has 0 radical (unpaired) electrons. The van der Waals surface area contributed by atoms with E-state index in [2.05, 4.69) is 63.8 Å². The molecule has 3 rings (SSSR count). The minimum Gasteiger partial charge on any atom is -0.348 e. The van der Waals surface area contributed by atoms with Crippen LogP contribution in [0.25, 0.3) is 0 Å². The van der Waals surface area contributed by atoms with Crippen molar-refractivity contribution in [2.75, 3.05) is 10.3 Å². The van der Waals surface area contributed by atoms with Crippen LogP contribution in [0.4, 0.5) is 11.5 Å². The van der Waals surface area contributed by atoms with Crippen molar-refractivity contribution >= 4 is 11.5 Å². The summed E-state index contributed by atoms with van der Waals surface area (Å²) in [6.45, 7) is 1.61. The molecule has 3 N–H and O–H groups in total. The summed E-state index contributed by atoms with van der Waals surface area (Å²) in [7, 11) is 0. The van der Waals surface area contributed by atoms with E-state index >= 15 is 0 Å². The van der Waals surface area contributed by atoms with E-state index in [9.17, 15) is 0 Å². The van der Waals surface area contributed by atoms with E-state index in [0.29, 0.717) is 0 Å². The monoisotopic (exact) mass is 304 g/mol. The average molecular weight is 304 g/mol. The number of nitrogens with two attached hydrogens (primary N) is 1. The fourth-order valence-corrected chi connectivity index (χ4v) is 2.48. The number of nitrogens with one attached hydrogen (secondary N) is 1. The van der Waals surface area contributed by atoms with Gasteiger partial charge in [-0.1, -0.05) is 60.7 Å². The molecule has 0 saturated heterocycles. The molecule has 2 aromatic carbocycles. The van der Waals surface area contributed by atoms with E-state index in [1.54, 1.807) is 6.20 Å². The van der Waals surface area contributed by atoms with Crippen molar-refractivity contribution in [3.8, 4) is 0 Å². The largest absolute Gasteiger partial charge is 0.348 e. The Hall–Kier alpha value is -2.85. The zero-order valence-corrected chi connectivity index (χ0v) is 12.9. The molecule has 0 fully saturated rings. The number of benzene rings is 2. The Labute approximate surface area is 136 Å². The lowest BCUT2D eigenvalue weighted by atomic mass is 10.1. The maximum Gasteiger partial charge on any atom is 0.129 e. The molecule has 0 bridgehead atoms. The molecule has 1 heterocycles. The number of aromatic nitrogens is 1. The Morgan fingerprint density at radius 1 is 0.783 bits per heavy atom. The van der Waals surface area contributed by atoms with Gasteiger partial charge in [0.25, 0.3) is 0 Å². The lowest BCUT2D eigenvalue weighted by Crippen LogP contribution is -2.23. The summed E-state index contributed by atoms with van der Waals surface area (Å²) in [5, 5.41) is 0. The number of anilines is 2. The van der Waals surface area contributed by atoms with Crippen LogP contribution < -0.4 is 16.2 Å². The second-order valence-corrected chi connectivity index (χ2v) is 5.38. The lowest BCUT2D eigenvalue weighted by molar-refractivity contribution is 0.783. The van der Waals surface area contributed by atoms with Gasteiger partial charge >= 0.3 is 0 Å². The van der Waals surface area contributed by atoms with Crippen molar-refractivity contribution in [2.24, 2.45) is 5.84 Å². The Morgan fingerprint density at radius 2 is 1.35 bits per heavy atom. The predicted molar refractivity (Wildman–Crippen MR) is 94.8 cm³/mol. The van der Waals surface area contributed by atoms with E-state index in [1.807, 2.05) is 24.3 Å². The summed E-state index contributed by atoms with van der Waals surface area (Å²) in [6.07, 6.45) is 1.75. The molecule has 1 aromatic heterocycles. The number of nitrogens with zero attached hydrogens (tertiary/aromatic N) is 2. The molecular weight excluding hydrogens is 284 g/mol. The highest BCUT2D eigenvalue weighted by molar-refractivity contribution is 5.48. The molecule has 0 unspecified atom stereocenters. The zero-order valence-electron chi connectivity index (χ0n) is 12.9. The second kappa shape index (κ2) is 7.42. The highest BCUT2D eigenvalue weighted by atomic mass is 15.2. The highest BCUT2D eigenvalue weighted by Gasteiger charge is 2.10. The van der Waals surface area contributed by atoms with Crippen LogP contribution in [-0.4, -0.2) is 4.98 Å². The van der Waals surface area contributed by atoms with E-state index in [-0.39, 0.29) is 0 Å². The summed E-state index contributed by atoms with van der Waals surface area (Å²) in [4.78, 5) is 6.78. The first-order valence-corrected chi connectivity index (χ1v) is 7.60. The Kier molecular flexibility index (Phi) is 4.86. The molecule has 23 heavy (non-hydrogen) atoms. The zero-order chi connectivity index (χ0) is 15.9. The van der Waals surface area contributed by atoms with Crippen LogP contribution in [0.15, 0.2) is 79.0 Å². The summed E-state index contributed by atoms with van der Waals surface area (Å²) in [6, 6.07) is 24.8. The van der Waals surface area contributed by atoms with Gasteiger partial charge in [0, 0.05) is 13.1 Å². The van der Waals surface area contributed by atoms with Crippen LogP contribution in [0.1, 0.15) is 11.1 Å². The summed E-state index contributed by atoms with van der Waals surface area (Å²) in [5.74, 6) is 6.35. The van der Waals surface area contributed by atoms with Gasteiger partial charge < -0.3 is 10.3 Å². The maximum atomic E-state index is 5.42. The number of hydrogen-bond acceptors (Lipinski definition) is 4. The molecule has 3 aromatic rings. The van der Waals surface area contributed by atoms with Crippen LogP contribution in [0.3, 0.4) is 0 Å². The quantitative estimate of drug-likeness (QED) is 0.540. The van der Waals surface area contributed by atoms with Crippen molar-refractivity contribution < 1.29 is 0 Å². The summed E-state index contributed by atoms with van der Waals surface area (Å²) in [5.41, 5.74) is 5.92. The van der Waals surface area contributed by atoms with Crippen molar-refractivity contribution in [3.05, 3.63) is 90.1 Å². The minimum atomic E-state index is 0.799. The van der Waals surface area contributed by atoms with Crippen molar-refractivity contribution in [1.82, 2.24) is 4.98 Å².